The quantitative estimate of drug-likeness (QED) is 0.728. The molecule has 1 saturated carbocycles. The van der Waals surface area contributed by atoms with Crippen LogP contribution in [0.3, 0.4) is 0 Å². The van der Waals surface area contributed by atoms with Crippen LogP contribution in [-0.4, -0.2) is 36.2 Å². The summed E-state index contributed by atoms with van der Waals surface area (Å²) >= 11 is 0. The summed E-state index contributed by atoms with van der Waals surface area (Å²) in [5, 5.41) is 12.3. The highest BCUT2D eigenvalue weighted by Crippen LogP contribution is 2.26. The van der Waals surface area contributed by atoms with Crippen molar-refractivity contribution in [3.8, 4) is 0 Å². The molecule has 0 aromatic rings. The Labute approximate surface area is 102 Å². The molecule has 0 saturated heterocycles. The number of methoxy groups -OCH3 is 1. The molecule has 1 fully saturated rings. The maximum Gasteiger partial charge on any atom is 0.323 e. The second kappa shape index (κ2) is 6.59. The molecule has 0 bridgehead atoms. The van der Waals surface area contributed by atoms with Crippen LogP contribution in [0.5, 0.6) is 0 Å². The van der Waals surface area contributed by atoms with Crippen LogP contribution in [0.4, 0.5) is 0 Å². The number of carboxylic acid groups (broad SMARTS) is 1. The molecule has 0 spiro atoms. The lowest BCUT2D eigenvalue weighted by atomic mass is 9.84. The average Bonchev–Trinajstić information content (AvgIpc) is 2.27. The van der Waals surface area contributed by atoms with E-state index in [1.165, 1.54) is 13.5 Å². The third-order valence-corrected chi connectivity index (χ3v) is 3.42. The Morgan fingerprint density at radius 2 is 1.71 bits per heavy atom. The maximum absolute atomic E-state index is 11.4. The topological polar surface area (TPSA) is 75.6 Å². The number of hydrogen-bond donors (Lipinski definition) is 2. The van der Waals surface area contributed by atoms with Crippen molar-refractivity contribution in [1.29, 1.82) is 0 Å². The highest BCUT2D eigenvalue weighted by molar-refractivity contribution is 5.80. The van der Waals surface area contributed by atoms with Gasteiger partial charge in [-0.05, 0) is 12.8 Å². The van der Waals surface area contributed by atoms with Gasteiger partial charge >= 0.3 is 11.9 Å². The van der Waals surface area contributed by atoms with Crippen LogP contribution in [0, 0.1) is 0 Å². The highest BCUT2D eigenvalue weighted by atomic mass is 16.5. The van der Waals surface area contributed by atoms with Crippen molar-refractivity contribution in [3.63, 3.8) is 0 Å². The van der Waals surface area contributed by atoms with Gasteiger partial charge in [0.25, 0.3) is 0 Å². The minimum absolute atomic E-state index is 0.0389. The fourth-order valence-electron chi connectivity index (χ4n) is 2.29. The molecule has 5 heteroatoms. The molecule has 17 heavy (non-hydrogen) atoms. The van der Waals surface area contributed by atoms with E-state index in [-0.39, 0.29) is 6.54 Å². The van der Waals surface area contributed by atoms with Crippen molar-refractivity contribution in [1.82, 2.24) is 5.32 Å². The van der Waals surface area contributed by atoms with E-state index >= 15 is 0 Å². The molecule has 0 radical (unpaired) electrons. The van der Waals surface area contributed by atoms with E-state index in [9.17, 15) is 14.7 Å². The summed E-state index contributed by atoms with van der Waals surface area (Å²) in [6.07, 6.45) is 6.25. The van der Waals surface area contributed by atoms with Crippen LogP contribution in [0.2, 0.25) is 0 Å². The first-order valence-corrected chi connectivity index (χ1v) is 6.16. The first kappa shape index (κ1) is 14.0. The van der Waals surface area contributed by atoms with Crippen molar-refractivity contribution in [2.45, 2.75) is 50.5 Å². The van der Waals surface area contributed by atoms with E-state index in [1.807, 2.05) is 0 Å². The summed E-state index contributed by atoms with van der Waals surface area (Å²) in [5.41, 5.74) is -0.950. The standard InChI is InChI=1S/C12H21NO4/c1-17-10(14)9-13-12(11(15)16)7-5-3-2-4-6-8-12/h13H,2-9H2,1H3,(H,15,16). The van der Waals surface area contributed by atoms with Gasteiger partial charge in [0.15, 0.2) is 0 Å². The molecule has 0 aliphatic heterocycles. The number of carboxylic acids is 1. The molecule has 0 heterocycles. The molecule has 1 aliphatic carbocycles. The zero-order chi connectivity index (χ0) is 12.7. The molecular formula is C12H21NO4. The van der Waals surface area contributed by atoms with Crippen LogP contribution in [0.1, 0.15) is 44.9 Å². The van der Waals surface area contributed by atoms with E-state index < -0.39 is 17.5 Å². The molecule has 0 atom stereocenters. The summed E-state index contributed by atoms with van der Waals surface area (Å²) in [5.74, 6) is -1.28. The van der Waals surface area contributed by atoms with Crippen molar-refractivity contribution in [3.05, 3.63) is 0 Å². The zero-order valence-electron chi connectivity index (χ0n) is 10.3. The minimum Gasteiger partial charge on any atom is -0.480 e. The Morgan fingerprint density at radius 3 is 2.18 bits per heavy atom. The fourth-order valence-corrected chi connectivity index (χ4v) is 2.29. The van der Waals surface area contributed by atoms with Crippen LogP contribution >= 0.6 is 0 Å². The number of carbonyl (C=O) groups is 2. The SMILES string of the molecule is COC(=O)CNC1(C(=O)O)CCCCCCC1. The van der Waals surface area contributed by atoms with Crippen molar-refractivity contribution in [2.75, 3.05) is 13.7 Å². The van der Waals surface area contributed by atoms with Gasteiger partial charge in [0, 0.05) is 0 Å². The summed E-state index contributed by atoms with van der Waals surface area (Å²) < 4.78 is 4.53. The number of ether oxygens (including phenoxy) is 1. The average molecular weight is 243 g/mol. The van der Waals surface area contributed by atoms with Crippen molar-refractivity contribution < 1.29 is 19.4 Å². The minimum atomic E-state index is -0.950. The van der Waals surface area contributed by atoms with Crippen LogP contribution in [0.15, 0.2) is 0 Å². The van der Waals surface area contributed by atoms with Crippen molar-refractivity contribution in [2.24, 2.45) is 0 Å². The predicted octanol–water partition coefficient (Wildman–Crippen LogP) is 1.32. The molecule has 98 valence electrons. The largest absolute Gasteiger partial charge is 0.480 e. The second-order valence-corrected chi connectivity index (χ2v) is 4.58. The number of hydrogen-bond acceptors (Lipinski definition) is 4. The van der Waals surface area contributed by atoms with E-state index in [0.29, 0.717) is 12.8 Å². The normalized spacial score (nSPS) is 20.1. The lowest BCUT2D eigenvalue weighted by molar-refractivity contribution is -0.147. The second-order valence-electron chi connectivity index (χ2n) is 4.58. The Balaban J connectivity index is 2.64. The molecule has 0 aromatic carbocycles. The molecule has 2 N–H and O–H groups in total. The van der Waals surface area contributed by atoms with E-state index in [0.717, 1.165) is 25.7 Å². The third kappa shape index (κ3) is 4.00. The first-order valence-electron chi connectivity index (χ1n) is 6.16. The van der Waals surface area contributed by atoms with Gasteiger partial charge in [-0.1, -0.05) is 32.1 Å². The summed E-state index contributed by atoms with van der Waals surface area (Å²) in [6.45, 7) is -0.0389. The Bertz CT molecular complexity index is 270. The third-order valence-electron chi connectivity index (χ3n) is 3.42. The smallest absolute Gasteiger partial charge is 0.323 e. The Hall–Kier alpha value is -1.10. The van der Waals surface area contributed by atoms with Gasteiger partial charge in [0.1, 0.15) is 5.54 Å². The number of nitrogens with one attached hydrogen (secondary N) is 1. The van der Waals surface area contributed by atoms with E-state index in [4.69, 9.17) is 0 Å². The molecule has 5 nitrogen and oxygen atoms in total. The van der Waals surface area contributed by atoms with Crippen LogP contribution in [0.25, 0.3) is 0 Å². The number of aliphatic carboxylic acids is 1. The molecule has 1 rings (SSSR count). The van der Waals surface area contributed by atoms with Gasteiger partial charge in [-0.15, -0.1) is 0 Å². The van der Waals surface area contributed by atoms with E-state index in [1.54, 1.807) is 0 Å². The molecule has 1 aliphatic rings. The summed E-state index contributed by atoms with van der Waals surface area (Å²) in [7, 11) is 1.30. The molecule has 0 aromatic heterocycles. The number of carbonyl (C=O) groups excluding carboxylic acids is 1. The lowest BCUT2D eigenvalue weighted by Gasteiger charge is -2.32. The lowest BCUT2D eigenvalue weighted by Crippen LogP contribution is -2.54. The number of esters is 1. The monoisotopic (exact) mass is 243 g/mol. The Kier molecular flexibility index (Phi) is 5.41. The van der Waals surface area contributed by atoms with Gasteiger partial charge in [0.05, 0.1) is 13.7 Å². The van der Waals surface area contributed by atoms with Crippen molar-refractivity contribution >= 4 is 11.9 Å². The first-order chi connectivity index (χ1) is 8.10. The maximum atomic E-state index is 11.4. The fraction of sp³-hybridized carbons (Fsp3) is 0.833. The van der Waals surface area contributed by atoms with Gasteiger partial charge < -0.3 is 9.84 Å². The van der Waals surface area contributed by atoms with Crippen LogP contribution in [-0.2, 0) is 14.3 Å². The van der Waals surface area contributed by atoms with Gasteiger partial charge in [0.2, 0.25) is 0 Å². The Morgan fingerprint density at radius 1 is 1.18 bits per heavy atom. The number of rotatable bonds is 4. The predicted molar refractivity (Wildman–Crippen MR) is 62.7 cm³/mol. The zero-order valence-corrected chi connectivity index (χ0v) is 10.3. The molecule has 0 unspecified atom stereocenters. The molecular weight excluding hydrogens is 222 g/mol. The summed E-state index contributed by atoms with van der Waals surface area (Å²) in [4.78, 5) is 22.5. The van der Waals surface area contributed by atoms with Gasteiger partial charge in [-0.2, -0.15) is 0 Å². The summed E-state index contributed by atoms with van der Waals surface area (Å²) in [6, 6.07) is 0. The molecule has 0 amide bonds. The van der Waals surface area contributed by atoms with Gasteiger partial charge in [-0.25, -0.2) is 0 Å². The van der Waals surface area contributed by atoms with E-state index in [2.05, 4.69) is 10.1 Å². The van der Waals surface area contributed by atoms with Gasteiger partial charge in [-0.3, -0.25) is 14.9 Å². The van der Waals surface area contributed by atoms with Crippen LogP contribution < -0.4 is 5.32 Å². The highest BCUT2D eigenvalue weighted by Gasteiger charge is 2.38.